The average molecular weight is 289 g/mol. The van der Waals surface area contributed by atoms with E-state index in [1.165, 1.54) is 6.42 Å². The van der Waals surface area contributed by atoms with Crippen molar-refractivity contribution < 1.29 is 4.74 Å². The van der Waals surface area contributed by atoms with Gasteiger partial charge in [0.15, 0.2) is 0 Å². The molecule has 18 heavy (non-hydrogen) atoms. The van der Waals surface area contributed by atoms with Crippen LogP contribution in [-0.2, 0) is 4.74 Å². The lowest BCUT2D eigenvalue weighted by Crippen LogP contribution is -2.33. The maximum Gasteiger partial charge on any atom is 0.0749 e. The highest BCUT2D eigenvalue weighted by molar-refractivity contribution is 6.42. The summed E-state index contributed by atoms with van der Waals surface area (Å²) in [6.45, 7) is 1.68. The maximum absolute atomic E-state index is 6.03. The first kappa shape index (κ1) is 13.8. The molecule has 1 unspecified atom stereocenters. The third kappa shape index (κ3) is 3.22. The fourth-order valence-electron chi connectivity index (χ4n) is 2.24. The minimum absolute atomic E-state index is 0.276. The Labute approximate surface area is 118 Å². The molecule has 0 spiro atoms. The summed E-state index contributed by atoms with van der Waals surface area (Å²) in [5, 5.41) is 1.01. The van der Waals surface area contributed by atoms with Crippen LogP contribution in [0.15, 0.2) is 12.1 Å². The van der Waals surface area contributed by atoms with Gasteiger partial charge in [0.2, 0.25) is 0 Å². The van der Waals surface area contributed by atoms with Crippen molar-refractivity contribution in [2.45, 2.75) is 25.4 Å². The number of anilines is 2. The normalized spacial score (nSPS) is 19.8. The predicted octanol–water partition coefficient (Wildman–Crippen LogP) is 3.58. The Hall–Kier alpha value is -0.640. The van der Waals surface area contributed by atoms with Crippen LogP contribution < -0.4 is 10.6 Å². The summed E-state index contributed by atoms with van der Waals surface area (Å²) >= 11 is 12.0. The van der Waals surface area contributed by atoms with Crippen molar-refractivity contribution in [3.63, 3.8) is 0 Å². The van der Waals surface area contributed by atoms with Gasteiger partial charge in [0.25, 0.3) is 0 Å². The third-order valence-corrected chi connectivity index (χ3v) is 3.95. The molecule has 2 N–H and O–H groups in total. The van der Waals surface area contributed by atoms with Crippen LogP contribution in [-0.4, -0.2) is 26.3 Å². The van der Waals surface area contributed by atoms with Crippen LogP contribution in [0.5, 0.6) is 0 Å². The molecule has 1 aliphatic heterocycles. The molecular weight excluding hydrogens is 271 g/mol. The number of halogens is 2. The number of ether oxygens (including phenoxy) is 1. The predicted molar refractivity (Wildman–Crippen MR) is 77.7 cm³/mol. The second-order valence-corrected chi connectivity index (χ2v) is 5.51. The van der Waals surface area contributed by atoms with Gasteiger partial charge < -0.3 is 15.4 Å². The van der Waals surface area contributed by atoms with Crippen molar-refractivity contribution in [2.24, 2.45) is 0 Å². The zero-order chi connectivity index (χ0) is 13.1. The van der Waals surface area contributed by atoms with Gasteiger partial charge in [-0.3, -0.25) is 0 Å². The van der Waals surface area contributed by atoms with Gasteiger partial charge >= 0.3 is 0 Å². The zero-order valence-corrected chi connectivity index (χ0v) is 12.0. The van der Waals surface area contributed by atoms with Gasteiger partial charge in [-0.05, 0) is 31.4 Å². The Bertz CT molecular complexity index is 420. The van der Waals surface area contributed by atoms with Crippen molar-refractivity contribution in [1.82, 2.24) is 0 Å². The van der Waals surface area contributed by atoms with Gasteiger partial charge in [0.05, 0.1) is 27.5 Å². The molecule has 2 rings (SSSR count). The molecular formula is C13H18Cl2N2O. The number of rotatable bonds is 3. The number of benzene rings is 1. The number of nitrogen functional groups attached to an aromatic ring is 1. The van der Waals surface area contributed by atoms with Crippen LogP contribution in [0.2, 0.25) is 10.0 Å². The third-order valence-electron chi connectivity index (χ3n) is 3.23. The monoisotopic (exact) mass is 288 g/mol. The van der Waals surface area contributed by atoms with Gasteiger partial charge in [-0.2, -0.15) is 0 Å². The van der Waals surface area contributed by atoms with E-state index in [0.717, 1.165) is 31.7 Å². The van der Waals surface area contributed by atoms with Gasteiger partial charge in [-0.15, -0.1) is 0 Å². The minimum atomic E-state index is 0.276. The smallest absolute Gasteiger partial charge is 0.0749 e. The van der Waals surface area contributed by atoms with Crippen molar-refractivity contribution >= 4 is 34.6 Å². The fraction of sp³-hybridized carbons (Fsp3) is 0.538. The molecule has 0 saturated carbocycles. The van der Waals surface area contributed by atoms with Gasteiger partial charge in [-0.1, -0.05) is 23.2 Å². The minimum Gasteiger partial charge on any atom is -0.397 e. The number of hydrogen-bond donors (Lipinski definition) is 1. The molecule has 0 aliphatic carbocycles. The largest absolute Gasteiger partial charge is 0.397 e. The number of likely N-dealkylation sites (N-methyl/N-ethyl adjacent to an activating group) is 1. The number of nitrogens with zero attached hydrogens (tertiary/aromatic N) is 1. The van der Waals surface area contributed by atoms with Crippen molar-refractivity contribution in [1.29, 1.82) is 0 Å². The molecule has 1 saturated heterocycles. The molecule has 1 aromatic rings. The second-order valence-electron chi connectivity index (χ2n) is 4.69. The van der Waals surface area contributed by atoms with Crippen molar-refractivity contribution in [3.8, 4) is 0 Å². The summed E-state index contributed by atoms with van der Waals surface area (Å²) in [6, 6.07) is 3.50. The van der Waals surface area contributed by atoms with E-state index >= 15 is 0 Å². The highest BCUT2D eigenvalue weighted by atomic mass is 35.5. The Balaban J connectivity index is 2.08. The van der Waals surface area contributed by atoms with E-state index in [4.69, 9.17) is 33.7 Å². The van der Waals surface area contributed by atoms with Crippen LogP contribution >= 0.6 is 23.2 Å². The summed E-state index contributed by atoms with van der Waals surface area (Å²) in [5.74, 6) is 0. The molecule has 0 radical (unpaired) electrons. The van der Waals surface area contributed by atoms with Crippen LogP contribution in [0.3, 0.4) is 0 Å². The maximum atomic E-state index is 6.03. The first-order valence-corrected chi connectivity index (χ1v) is 6.91. The number of nitrogens with two attached hydrogens (primary N) is 1. The number of hydrogen-bond acceptors (Lipinski definition) is 3. The van der Waals surface area contributed by atoms with E-state index in [2.05, 4.69) is 4.90 Å². The van der Waals surface area contributed by atoms with E-state index in [9.17, 15) is 0 Å². The average Bonchev–Trinajstić information content (AvgIpc) is 2.35. The fourth-order valence-corrected chi connectivity index (χ4v) is 2.57. The first-order valence-electron chi connectivity index (χ1n) is 6.15. The van der Waals surface area contributed by atoms with Gasteiger partial charge in [0.1, 0.15) is 0 Å². The molecule has 3 nitrogen and oxygen atoms in total. The summed E-state index contributed by atoms with van der Waals surface area (Å²) in [7, 11) is 1.99. The van der Waals surface area contributed by atoms with Crippen molar-refractivity contribution in [2.75, 3.05) is 30.8 Å². The second kappa shape index (κ2) is 6.00. The van der Waals surface area contributed by atoms with E-state index < -0.39 is 0 Å². The lowest BCUT2D eigenvalue weighted by atomic mass is 10.1. The topological polar surface area (TPSA) is 38.5 Å². The molecule has 1 aliphatic rings. The van der Waals surface area contributed by atoms with Crippen LogP contribution in [0, 0.1) is 0 Å². The van der Waals surface area contributed by atoms with Crippen LogP contribution in [0.1, 0.15) is 19.3 Å². The van der Waals surface area contributed by atoms with E-state index in [1.807, 2.05) is 13.1 Å². The van der Waals surface area contributed by atoms with E-state index in [-0.39, 0.29) is 6.10 Å². The first-order chi connectivity index (χ1) is 8.58. The summed E-state index contributed by atoms with van der Waals surface area (Å²) in [6.07, 6.45) is 3.77. The molecule has 100 valence electrons. The van der Waals surface area contributed by atoms with E-state index in [1.54, 1.807) is 6.07 Å². The van der Waals surface area contributed by atoms with Crippen molar-refractivity contribution in [3.05, 3.63) is 22.2 Å². The lowest BCUT2D eigenvalue weighted by Gasteiger charge is -2.29. The summed E-state index contributed by atoms with van der Waals surface area (Å²) in [4.78, 5) is 2.08. The highest BCUT2D eigenvalue weighted by Crippen LogP contribution is 2.33. The summed E-state index contributed by atoms with van der Waals surface area (Å²) < 4.78 is 5.72. The molecule has 0 bridgehead atoms. The molecule has 1 fully saturated rings. The van der Waals surface area contributed by atoms with Gasteiger partial charge in [-0.25, -0.2) is 0 Å². The SMILES string of the molecule is CN(CC1CCCCO1)c1cc(Cl)c(Cl)cc1N. The molecule has 0 aromatic heterocycles. The van der Waals surface area contributed by atoms with E-state index in [0.29, 0.717) is 15.7 Å². The Morgan fingerprint density at radius 1 is 1.33 bits per heavy atom. The van der Waals surface area contributed by atoms with Gasteiger partial charge in [0, 0.05) is 20.2 Å². The zero-order valence-electron chi connectivity index (χ0n) is 10.5. The molecule has 5 heteroatoms. The molecule has 1 aromatic carbocycles. The molecule has 1 atom stereocenters. The Kier molecular flexibility index (Phi) is 4.60. The standard InChI is InChI=1S/C13H18Cl2N2O/c1-17(8-9-4-2-3-5-18-9)13-7-11(15)10(14)6-12(13)16/h6-7,9H,2-5,8,16H2,1H3. The Morgan fingerprint density at radius 2 is 2.06 bits per heavy atom. The van der Waals surface area contributed by atoms with Crippen LogP contribution in [0.25, 0.3) is 0 Å². The molecule has 1 heterocycles. The Morgan fingerprint density at radius 3 is 2.72 bits per heavy atom. The van der Waals surface area contributed by atoms with Crippen LogP contribution in [0.4, 0.5) is 11.4 Å². The lowest BCUT2D eigenvalue weighted by molar-refractivity contribution is 0.0216. The highest BCUT2D eigenvalue weighted by Gasteiger charge is 2.17. The summed E-state index contributed by atoms with van der Waals surface area (Å²) in [5.41, 5.74) is 7.51. The quantitative estimate of drug-likeness (QED) is 0.864. The molecule has 0 amide bonds.